The Kier molecular flexibility index (Phi) is 4.55. The van der Waals surface area contributed by atoms with Crippen molar-refractivity contribution in [2.45, 2.75) is 32.2 Å². The lowest BCUT2D eigenvalue weighted by atomic mass is 10.1. The van der Waals surface area contributed by atoms with E-state index in [2.05, 4.69) is 27.5 Å². The van der Waals surface area contributed by atoms with Gasteiger partial charge in [0, 0.05) is 25.8 Å². The molecular formula is C12H20N4O. The summed E-state index contributed by atoms with van der Waals surface area (Å²) in [5, 5.41) is 6.64. The third-order valence-corrected chi connectivity index (χ3v) is 2.76. The third kappa shape index (κ3) is 3.85. The second kappa shape index (κ2) is 6.39. The molecule has 5 nitrogen and oxygen atoms in total. The molecule has 0 aliphatic carbocycles. The van der Waals surface area contributed by atoms with Gasteiger partial charge in [-0.3, -0.25) is 4.98 Å². The fourth-order valence-corrected chi connectivity index (χ4v) is 1.82. The van der Waals surface area contributed by atoms with E-state index < -0.39 is 0 Å². The molecule has 1 fully saturated rings. The molecule has 94 valence electrons. The molecule has 0 atom stereocenters. The standard InChI is InChI=1S/C12H20N4O/c1-2-5-14-11-8-13-9-12(16-11)15-10-3-6-17-7-4-10/h8-10H,2-7H2,1H3,(H2,14,15,16). The van der Waals surface area contributed by atoms with Gasteiger partial charge < -0.3 is 15.4 Å². The highest BCUT2D eigenvalue weighted by Crippen LogP contribution is 2.13. The molecule has 0 unspecified atom stereocenters. The summed E-state index contributed by atoms with van der Waals surface area (Å²) in [6.45, 7) is 4.72. The van der Waals surface area contributed by atoms with Gasteiger partial charge in [0.1, 0.15) is 11.6 Å². The maximum absolute atomic E-state index is 5.33. The van der Waals surface area contributed by atoms with Gasteiger partial charge in [-0.1, -0.05) is 6.92 Å². The number of nitrogens with zero attached hydrogens (tertiary/aromatic N) is 2. The Hall–Kier alpha value is -1.36. The average molecular weight is 236 g/mol. The maximum Gasteiger partial charge on any atom is 0.147 e. The number of aromatic nitrogens is 2. The summed E-state index contributed by atoms with van der Waals surface area (Å²) in [5.41, 5.74) is 0. The van der Waals surface area contributed by atoms with Crippen LogP contribution in [0.2, 0.25) is 0 Å². The van der Waals surface area contributed by atoms with Crippen molar-refractivity contribution in [1.82, 2.24) is 9.97 Å². The molecule has 2 heterocycles. The number of hydrogen-bond acceptors (Lipinski definition) is 5. The molecule has 0 spiro atoms. The summed E-state index contributed by atoms with van der Waals surface area (Å²) in [6.07, 6.45) is 6.68. The Bertz CT molecular complexity index is 339. The van der Waals surface area contributed by atoms with Gasteiger partial charge in [0.25, 0.3) is 0 Å². The van der Waals surface area contributed by atoms with Crippen molar-refractivity contribution >= 4 is 11.6 Å². The summed E-state index contributed by atoms with van der Waals surface area (Å²) in [4.78, 5) is 8.66. The van der Waals surface area contributed by atoms with E-state index in [1.54, 1.807) is 12.4 Å². The zero-order valence-corrected chi connectivity index (χ0v) is 10.3. The van der Waals surface area contributed by atoms with Crippen LogP contribution in [0.4, 0.5) is 11.6 Å². The van der Waals surface area contributed by atoms with Crippen LogP contribution in [0.3, 0.4) is 0 Å². The molecule has 1 aromatic heterocycles. The minimum atomic E-state index is 0.458. The maximum atomic E-state index is 5.33. The molecule has 1 aliphatic heterocycles. The SMILES string of the molecule is CCCNc1cncc(NC2CCOCC2)n1. The predicted molar refractivity (Wildman–Crippen MR) is 68.3 cm³/mol. The van der Waals surface area contributed by atoms with Crippen LogP contribution in [-0.2, 0) is 4.74 Å². The van der Waals surface area contributed by atoms with Crippen LogP contribution in [0.5, 0.6) is 0 Å². The van der Waals surface area contributed by atoms with E-state index in [-0.39, 0.29) is 0 Å². The van der Waals surface area contributed by atoms with Crippen molar-refractivity contribution < 1.29 is 4.74 Å². The van der Waals surface area contributed by atoms with Gasteiger partial charge in [0.15, 0.2) is 0 Å². The zero-order valence-electron chi connectivity index (χ0n) is 10.3. The molecule has 5 heteroatoms. The lowest BCUT2D eigenvalue weighted by Crippen LogP contribution is -2.28. The minimum absolute atomic E-state index is 0.458. The van der Waals surface area contributed by atoms with Crippen LogP contribution in [0.25, 0.3) is 0 Å². The number of nitrogens with one attached hydrogen (secondary N) is 2. The van der Waals surface area contributed by atoms with Gasteiger partial charge in [0.2, 0.25) is 0 Å². The summed E-state index contributed by atoms with van der Waals surface area (Å²) < 4.78 is 5.33. The molecule has 0 saturated carbocycles. The van der Waals surface area contributed by atoms with Gasteiger partial charge in [-0.05, 0) is 19.3 Å². The van der Waals surface area contributed by atoms with Crippen LogP contribution in [0.15, 0.2) is 12.4 Å². The van der Waals surface area contributed by atoms with E-state index in [0.717, 1.165) is 50.7 Å². The van der Waals surface area contributed by atoms with Crippen molar-refractivity contribution in [3.05, 3.63) is 12.4 Å². The quantitative estimate of drug-likeness (QED) is 0.817. The van der Waals surface area contributed by atoms with Gasteiger partial charge in [0.05, 0.1) is 12.4 Å². The van der Waals surface area contributed by atoms with Crippen molar-refractivity contribution in [2.24, 2.45) is 0 Å². The first-order chi connectivity index (χ1) is 8.38. The molecule has 1 saturated heterocycles. The Labute approximate surface area is 102 Å². The molecule has 2 N–H and O–H groups in total. The summed E-state index contributed by atoms with van der Waals surface area (Å²) in [5.74, 6) is 1.68. The minimum Gasteiger partial charge on any atom is -0.381 e. The van der Waals surface area contributed by atoms with E-state index >= 15 is 0 Å². The van der Waals surface area contributed by atoms with Crippen molar-refractivity contribution in [3.8, 4) is 0 Å². The molecule has 2 rings (SSSR count). The number of rotatable bonds is 5. The van der Waals surface area contributed by atoms with Crippen molar-refractivity contribution in [3.63, 3.8) is 0 Å². The number of anilines is 2. The van der Waals surface area contributed by atoms with Gasteiger partial charge >= 0.3 is 0 Å². The fraction of sp³-hybridized carbons (Fsp3) is 0.667. The molecule has 0 radical (unpaired) electrons. The van der Waals surface area contributed by atoms with E-state index in [1.807, 2.05) is 0 Å². The normalized spacial score (nSPS) is 16.8. The van der Waals surface area contributed by atoms with Gasteiger partial charge in [-0.15, -0.1) is 0 Å². The molecule has 1 aliphatic rings. The Morgan fingerprint density at radius 1 is 1.29 bits per heavy atom. The third-order valence-electron chi connectivity index (χ3n) is 2.76. The number of ether oxygens (including phenoxy) is 1. The molecule has 17 heavy (non-hydrogen) atoms. The van der Waals surface area contributed by atoms with E-state index in [1.165, 1.54) is 0 Å². The van der Waals surface area contributed by atoms with Crippen LogP contribution >= 0.6 is 0 Å². The lowest BCUT2D eigenvalue weighted by molar-refractivity contribution is 0.0904. The van der Waals surface area contributed by atoms with E-state index in [0.29, 0.717) is 6.04 Å². The predicted octanol–water partition coefficient (Wildman–Crippen LogP) is 1.89. The van der Waals surface area contributed by atoms with Crippen LogP contribution in [0, 0.1) is 0 Å². The Balaban J connectivity index is 1.90. The topological polar surface area (TPSA) is 59.1 Å². The largest absolute Gasteiger partial charge is 0.381 e. The molecule has 0 aromatic carbocycles. The smallest absolute Gasteiger partial charge is 0.147 e. The Morgan fingerprint density at radius 3 is 2.82 bits per heavy atom. The summed E-state index contributed by atoms with van der Waals surface area (Å²) in [6, 6.07) is 0.458. The zero-order chi connectivity index (χ0) is 11.9. The molecule has 1 aromatic rings. The van der Waals surface area contributed by atoms with Crippen molar-refractivity contribution in [2.75, 3.05) is 30.4 Å². The second-order valence-corrected chi connectivity index (χ2v) is 4.25. The highest BCUT2D eigenvalue weighted by Gasteiger charge is 2.13. The lowest BCUT2D eigenvalue weighted by Gasteiger charge is -2.23. The first kappa shape index (κ1) is 12.1. The molecule has 0 bridgehead atoms. The monoisotopic (exact) mass is 236 g/mol. The van der Waals surface area contributed by atoms with Crippen molar-refractivity contribution in [1.29, 1.82) is 0 Å². The van der Waals surface area contributed by atoms with Gasteiger partial charge in [-0.2, -0.15) is 0 Å². The number of hydrogen-bond donors (Lipinski definition) is 2. The summed E-state index contributed by atoms with van der Waals surface area (Å²) in [7, 11) is 0. The van der Waals surface area contributed by atoms with Crippen LogP contribution in [0.1, 0.15) is 26.2 Å². The van der Waals surface area contributed by atoms with E-state index in [4.69, 9.17) is 4.74 Å². The molecular weight excluding hydrogens is 216 g/mol. The Morgan fingerprint density at radius 2 is 2.06 bits per heavy atom. The first-order valence-corrected chi connectivity index (χ1v) is 6.28. The highest BCUT2D eigenvalue weighted by molar-refractivity contribution is 5.42. The first-order valence-electron chi connectivity index (χ1n) is 6.28. The second-order valence-electron chi connectivity index (χ2n) is 4.25. The van der Waals surface area contributed by atoms with Crippen LogP contribution in [-0.4, -0.2) is 35.8 Å². The average Bonchev–Trinajstić information content (AvgIpc) is 2.38. The fourth-order valence-electron chi connectivity index (χ4n) is 1.82. The highest BCUT2D eigenvalue weighted by atomic mass is 16.5. The van der Waals surface area contributed by atoms with Crippen LogP contribution < -0.4 is 10.6 Å². The molecule has 0 amide bonds. The summed E-state index contributed by atoms with van der Waals surface area (Å²) >= 11 is 0. The van der Waals surface area contributed by atoms with Gasteiger partial charge in [-0.25, -0.2) is 4.98 Å². The van der Waals surface area contributed by atoms with E-state index in [9.17, 15) is 0 Å².